The van der Waals surface area contributed by atoms with E-state index in [0.717, 1.165) is 101 Å². The number of halogens is 1. The molecule has 0 atom stereocenters. The van der Waals surface area contributed by atoms with E-state index in [4.69, 9.17) is 39.5 Å². The number of para-hydroxylation sites is 1. The SMILES string of the molecule is Cn1ncc(-c2ccc3c(c2)C(CN)=NCC3=O)c1-c1cccc2cncn12.N#CCc1ccccc1Oc1cncc(-c2ccc3c(c2)C(CN)=NCC3=O)c1.N#Cc1ccc(C#N)c(-c2cncc(-c3ccc4c(c3)C(CN)=NCC4=O)c2)c1.[C-]#[N+]c1c(-c2c(-c3ccc4c(c3)C(CN)=NCC4=O)cnn2C)ccc2cccc(F)c12. The number of hydrogen-bond acceptors (Lipinski definition) is 21. The minimum Gasteiger partial charge on any atom is -0.455 e. The Bertz CT molecular complexity index is 6790. The van der Waals surface area contributed by atoms with Crippen molar-refractivity contribution in [2.75, 3.05) is 52.4 Å². The number of carbonyl (C=O) groups excluding carboxylic acids is 4. The smallest absolute Gasteiger partial charge is 0.207 e. The molecular weight excluding hydrogens is 1480 g/mol. The molecule has 6 aromatic heterocycles. The number of Topliss-reactive ketones (excluding diaryl/α,β-unsaturated/α-hetero) is 4. The standard InChI is InChI=1S/C25H18FN5O.C23H15N5O.C23H18N4O2.C21H18N6O/c1-28-24-17(9-6-14-4-3-5-20(26)23(14)24)25-19(12-30-31(25)2)15-7-8-16-18(10-15)21(11-27)29-13-22(16)32;24-8-14-1-2-16(9-25)20(5-14)18-6-17(11-27-12-18)15-3-4-19-21(7-15)22(10-26)28-13-23(19)29;24-8-7-15-3-1-2-4-23(15)29-18-9-17(12-26-13-18)16-5-6-19-20(10-16)21(11-25)27-14-22(19)28;1-26-21(19-4-2-3-14-9-23-12-27(14)19)17(10-25-26)13-5-6-15-16(7-13)18(8-22)24-11-20(15)28/h3-10,12H,11,13,27H2,2H3;1-7,11-12H,10,13,26H2;1-6,9-10,12-13H,7,11,14,25H2;2-7,9-10,12H,8,11,22H2,1H3. The second-order valence-corrected chi connectivity index (χ2v) is 27.6. The summed E-state index contributed by atoms with van der Waals surface area (Å²) >= 11 is 0. The number of nitrogens with two attached hydrogens (primary N) is 4. The second kappa shape index (κ2) is 33.9. The first-order valence-electron chi connectivity index (χ1n) is 37.2. The van der Waals surface area contributed by atoms with Crippen molar-refractivity contribution in [3.05, 3.63) is 304 Å². The molecular formula is C92H69FN20O5. The first kappa shape index (κ1) is 77.6. The van der Waals surface area contributed by atoms with Gasteiger partial charge in [0, 0.05) is 153 Å². The molecule has 18 rings (SSSR count). The number of aryl methyl sites for hydroxylation is 2. The maximum absolute atomic E-state index is 14.7. The third-order valence-corrected chi connectivity index (χ3v) is 20.6. The van der Waals surface area contributed by atoms with Crippen LogP contribution < -0.4 is 27.7 Å². The maximum atomic E-state index is 14.7. The number of ether oxygens (including phenoxy) is 1. The quantitative estimate of drug-likeness (QED) is 0.0735. The minimum absolute atomic E-state index is 0.00643. The first-order chi connectivity index (χ1) is 57.5. The fourth-order valence-corrected chi connectivity index (χ4v) is 14.8. The van der Waals surface area contributed by atoms with Crippen LogP contribution in [0, 0.1) is 46.4 Å². The summed E-state index contributed by atoms with van der Waals surface area (Å²) in [7, 11) is 3.70. The van der Waals surface area contributed by atoms with Crippen molar-refractivity contribution in [1.82, 2.24) is 38.9 Å². The van der Waals surface area contributed by atoms with Crippen LogP contribution in [0.25, 0.3) is 99.4 Å². The van der Waals surface area contributed by atoms with Gasteiger partial charge in [0.05, 0.1) is 119 Å². The molecule has 574 valence electrons. The van der Waals surface area contributed by atoms with E-state index < -0.39 is 5.82 Å². The number of nitriles is 3. The molecule has 0 saturated carbocycles. The summed E-state index contributed by atoms with van der Waals surface area (Å²) in [5.41, 5.74) is 46.4. The molecule has 0 unspecified atom stereocenters. The Morgan fingerprint density at radius 1 is 0.458 bits per heavy atom. The van der Waals surface area contributed by atoms with Crippen molar-refractivity contribution in [3.63, 3.8) is 0 Å². The van der Waals surface area contributed by atoms with Gasteiger partial charge in [-0.3, -0.25) is 62.9 Å². The number of aliphatic imine (C=N–C) groups is 4. The molecule has 0 radical (unpaired) electrons. The summed E-state index contributed by atoms with van der Waals surface area (Å²) < 4.78 is 26.2. The van der Waals surface area contributed by atoms with Crippen LogP contribution in [0.2, 0.25) is 0 Å². The number of ketones is 4. The summed E-state index contributed by atoms with van der Waals surface area (Å²) in [5, 5.41) is 37.5. The molecule has 4 aliphatic rings. The van der Waals surface area contributed by atoms with Gasteiger partial charge < -0.3 is 27.7 Å². The Kier molecular flexibility index (Phi) is 22.3. The summed E-state index contributed by atoms with van der Waals surface area (Å²) in [4.78, 5) is 82.5. The van der Waals surface area contributed by atoms with E-state index in [9.17, 15) is 34.1 Å². The number of aromatic nitrogens is 8. The number of hydrogen-bond donors (Lipinski definition) is 4. The number of pyridine rings is 3. The van der Waals surface area contributed by atoms with Crippen molar-refractivity contribution < 1.29 is 28.3 Å². The van der Waals surface area contributed by atoms with Gasteiger partial charge in [0.1, 0.15) is 43.5 Å². The Morgan fingerprint density at radius 2 is 0.966 bits per heavy atom. The van der Waals surface area contributed by atoms with Crippen molar-refractivity contribution >= 4 is 68.0 Å². The Hall–Kier alpha value is -15.7. The largest absolute Gasteiger partial charge is 0.455 e. The lowest BCUT2D eigenvalue weighted by molar-refractivity contribution is 0.0992. The van der Waals surface area contributed by atoms with Gasteiger partial charge in [0.2, 0.25) is 5.69 Å². The molecule has 0 amide bonds. The fourth-order valence-electron chi connectivity index (χ4n) is 14.8. The van der Waals surface area contributed by atoms with Crippen LogP contribution in [0.5, 0.6) is 11.5 Å². The summed E-state index contributed by atoms with van der Waals surface area (Å²) in [6.07, 6.45) is 14.2. The molecule has 14 aromatic rings. The van der Waals surface area contributed by atoms with E-state index >= 15 is 0 Å². The Balaban J connectivity index is 0.000000123. The molecule has 0 fully saturated rings. The van der Waals surface area contributed by atoms with Gasteiger partial charge in [-0.2, -0.15) is 26.0 Å². The van der Waals surface area contributed by atoms with Gasteiger partial charge in [-0.15, -0.1) is 0 Å². The highest BCUT2D eigenvalue weighted by molar-refractivity contribution is 6.19. The fraction of sp³-hybridized carbons (Fsp3) is 0.120. The maximum Gasteiger partial charge on any atom is 0.207 e. The van der Waals surface area contributed by atoms with E-state index in [1.807, 2.05) is 156 Å². The lowest BCUT2D eigenvalue weighted by atomic mass is 9.91. The van der Waals surface area contributed by atoms with Crippen molar-refractivity contribution in [2.24, 2.45) is 57.0 Å². The zero-order valence-corrected chi connectivity index (χ0v) is 63.6. The van der Waals surface area contributed by atoms with E-state index in [1.54, 1.807) is 91.5 Å². The summed E-state index contributed by atoms with van der Waals surface area (Å²) in [5.74, 6) is 0.700. The van der Waals surface area contributed by atoms with Gasteiger partial charge >= 0.3 is 0 Å². The minimum atomic E-state index is -0.435. The number of nitrogens with zero attached hydrogens (tertiary/aromatic N) is 16. The number of rotatable bonds is 14. The van der Waals surface area contributed by atoms with Gasteiger partial charge in [-0.1, -0.05) is 97.1 Å². The topological polar surface area (TPSA) is 385 Å². The van der Waals surface area contributed by atoms with Crippen LogP contribution in [0.4, 0.5) is 10.1 Å². The van der Waals surface area contributed by atoms with Gasteiger partial charge in [0.25, 0.3) is 0 Å². The number of carbonyl (C=O) groups is 4. The van der Waals surface area contributed by atoms with Crippen LogP contribution >= 0.6 is 0 Å². The molecule has 8 N–H and O–H groups in total. The highest BCUT2D eigenvalue weighted by atomic mass is 19.1. The van der Waals surface area contributed by atoms with Crippen LogP contribution in [-0.2, 0) is 20.5 Å². The third-order valence-electron chi connectivity index (χ3n) is 20.6. The number of fused-ring (bicyclic) bond motifs is 6. The van der Waals surface area contributed by atoms with Crippen LogP contribution in [0.3, 0.4) is 0 Å². The van der Waals surface area contributed by atoms with E-state index in [1.165, 1.54) is 6.07 Å². The summed E-state index contributed by atoms with van der Waals surface area (Å²) in [6.45, 7) is 9.39. The molecule has 0 aliphatic carbocycles. The molecule has 0 spiro atoms. The highest BCUT2D eigenvalue weighted by Crippen LogP contribution is 2.44. The molecule has 0 saturated heterocycles. The van der Waals surface area contributed by atoms with Crippen molar-refractivity contribution in [2.45, 2.75) is 6.42 Å². The Labute approximate surface area is 675 Å². The average Bonchev–Trinajstić information content (AvgIpc) is 1.48. The Morgan fingerprint density at radius 3 is 1.52 bits per heavy atom. The van der Waals surface area contributed by atoms with E-state index in [2.05, 4.69) is 68.2 Å². The molecule has 118 heavy (non-hydrogen) atoms. The molecule has 25 nitrogen and oxygen atoms in total. The van der Waals surface area contributed by atoms with Crippen LogP contribution in [-0.4, -0.2) is 137 Å². The summed E-state index contributed by atoms with van der Waals surface area (Å²) in [6, 6.07) is 59.6. The number of benzene rings is 8. The van der Waals surface area contributed by atoms with Gasteiger partial charge in [0.15, 0.2) is 23.1 Å². The lowest BCUT2D eigenvalue weighted by Crippen LogP contribution is -2.24. The molecule has 0 bridgehead atoms. The molecule has 26 heteroatoms. The van der Waals surface area contributed by atoms with E-state index in [0.29, 0.717) is 96.0 Å². The van der Waals surface area contributed by atoms with Gasteiger partial charge in [-0.05, 0) is 107 Å². The molecule has 4 aliphatic heterocycles. The zero-order chi connectivity index (χ0) is 82.3. The zero-order valence-electron chi connectivity index (χ0n) is 63.6. The van der Waals surface area contributed by atoms with Crippen molar-refractivity contribution in [3.8, 4) is 108 Å². The lowest BCUT2D eigenvalue weighted by Gasteiger charge is -2.17. The predicted molar refractivity (Wildman–Crippen MR) is 450 cm³/mol. The average molecular weight is 1550 g/mol. The predicted octanol–water partition coefficient (Wildman–Crippen LogP) is 13.5. The second-order valence-electron chi connectivity index (χ2n) is 27.6. The normalized spacial score (nSPS) is 13.0. The first-order valence-corrected chi connectivity index (χ1v) is 37.2. The van der Waals surface area contributed by atoms with Crippen LogP contribution in [0.15, 0.2) is 246 Å². The highest BCUT2D eigenvalue weighted by Gasteiger charge is 2.28. The molecule has 10 heterocycles. The van der Waals surface area contributed by atoms with Crippen LogP contribution in [0.1, 0.15) is 80.4 Å². The molecule has 8 aromatic carbocycles. The van der Waals surface area contributed by atoms with E-state index in [-0.39, 0.29) is 81.1 Å². The number of imidazole rings is 1. The third kappa shape index (κ3) is 15.3. The van der Waals surface area contributed by atoms with Crippen molar-refractivity contribution in [1.29, 1.82) is 15.8 Å². The monoisotopic (exact) mass is 1550 g/mol. The van der Waals surface area contributed by atoms with Gasteiger partial charge in [-0.25, -0.2) is 14.2 Å².